The fourth-order valence-corrected chi connectivity index (χ4v) is 2.95. The van der Waals surface area contributed by atoms with Crippen LogP contribution in [0.1, 0.15) is 25.0 Å². The Morgan fingerprint density at radius 3 is 2.36 bits per heavy atom. The molecule has 0 amide bonds. The molecule has 22 heavy (non-hydrogen) atoms. The number of rotatable bonds is 3. The van der Waals surface area contributed by atoms with Crippen LogP contribution in [0.25, 0.3) is 11.1 Å². The minimum atomic E-state index is -0.862. The maximum atomic E-state index is 11.3. The molecule has 2 aromatic rings. The Hall–Kier alpha value is -2.29. The zero-order chi connectivity index (χ0) is 15.9. The zero-order valence-corrected chi connectivity index (χ0v) is 13.3. The van der Waals surface area contributed by atoms with Gasteiger partial charge in [0.05, 0.1) is 5.41 Å². The maximum Gasteiger partial charge on any atom is 0.313 e. The minimum Gasteiger partial charge on any atom is -0.481 e. The molecular formula is C19H21NO2. The minimum absolute atomic E-state index is 0.805. The molecule has 0 bridgehead atoms. The number of hydrogen-bond acceptors (Lipinski definition) is 2. The van der Waals surface area contributed by atoms with Crippen LogP contribution in [0.4, 0.5) is 5.69 Å². The van der Waals surface area contributed by atoms with Crippen molar-refractivity contribution in [1.29, 1.82) is 0 Å². The zero-order valence-electron chi connectivity index (χ0n) is 13.3. The second kappa shape index (κ2) is 5.16. The summed E-state index contributed by atoms with van der Waals surface area (Å²) in [5, 5.41) is 9.31. The largest absolute Gasteiger partial charge is 0.481 e. The van der Waals surface area contributed by atoms with Gasteiger partial charge in [0.1, 0.15) is 0 Å². The number of fused-ring (bicyclic) bond motifs is 1. The van der Waals surface area contributed by atoms with Crippen LogP contribution >= 0.6 is 0 Å². The van der Waals surface area contributed by atoms with E-state index in [0.29, 0.717) is 0 Å². The van der Waals surface area contributed by atoms with Crippen molar-refractivity contribution in [3.05, 3.63) is 53.6 Å². The molecular weight excluding hydrogens is 274 g/mol. The van der Waals surface area contributed by atoms with E-state index in [2.05, 4.69) is 30.1 Å². The van der Waals surface area contributed by atoms with Gasteiger partial charge < -0.3 is 10.0 Å². The number of hydrogen-bond donors (Lipinski definition) is 1. The topological polar surface area (TPSA) is 40.5 Å². The molecule has 0 aromatic heterocycles. The molecule has 0 aliphatic carbocycles. The van der Waals surface area contributed by atoms with Crippen LogP contribution in [0.3, 0.4) is 0 Å². The van der Waals surface area contributed by atoms with E-state index < -0.39 is 11.4 Å². The van der Waals surface area contributed by atoms with Crippen molar-refractivity contribution in [2.45, 2.75) is 25.7 Å². The van der Waals surface area contributed by atoms with Gasteiger partial charge >= 0.3 is 5.97 Å². The number of carbonyl (C=O) groups is 1. The highest BCUT2D eigenvalue weighted by Gasteiger charge is 2.29. The Bertz CT molecular complexity index is 717. The van der Waals surface area contributed by atoms with E-state index in [4.69, 9.17) is 0 Å². The van der Waals surface area contributed by atoms with Gasteiger partial charge in [0.15, 0.2) is 0 Å². The highest BCUT2D eigenvalue weighted by atomic mass is 16.4. The lowest BCUT2D eigenvalue weighted by Crippen LogP contribution is -2.28. The number of nitrogens with zero attached hydrogens (tertiary/aromatic N) is 1. The van der Waals surface area contributed by atoms with Crippen LogP contribution < -0.4 is 4.90 Å². The molecule has 114 valence electrons. The van der Waals surface area contributed by atoms with Crippen molar-refractivity contribution in [3.63, 3.8) is 0 Å². The number of likely N-dealkylation sites (N-methyl/N-ethyl adjacent to an activating group) is 1. The van der Waals surface area contributed by atoms with Gasteiger partial charge in [0.25, 0.3) is 0 Å². The molecule has 0 saturated heterocycles. The molecule has 0 unspecified atom stereocenters. The third kappa shape index (κ3) is 2.37. The van der Waals surface area contributed by atoms with Gasteiger partial charge in [-0.2, -0.15) is 0 Å². The summed E-state index contributed by atoms with van der Waals surface area (Å²) in [6, 6.07) is 14.4. The van der Waals surface area contributed by atoms with Crippen LogP contribution in [0.5, 0.6) is 0 Å². The van der Waals surface area contributed by atoms with Crippen LogP contribution in [0, 0.1) is 0 Å². The standard InChI is InChI=1S/C19H21NO2/c1-19(2,18(21)22)16-7-4-13(5-8-16)14-6-9-17-15(12-14)10-11-20(17)3/h4-9,12H,10-11H2,1-3H3,(H,21,22). The second-order valence-electron chi connectivity index (χ2n) is 6.52. The van der Waals surface area contributed by atoms with Crippen LogP contribution in [-0.4, -0.2) is 24.7 Å². The predicted octanol–water partition coefficient (Wildman–Crippen LogP) is 3.71. The van der Waals surface area contributed by atoms with Crippen LogP contribution in [-0.2, 0) is 16.6 Å². The van der Waals surface area contributed by atoms with Crippen LogP contribution in [0.15, 0.2) is 42.5 Å². The third-order valence-electron chi connectivity index (χ3n) is 4.68. The summed E-state index contributed by atoms with van der Waals surface area (Å²) in [5.74, 6) is -0.805. The van der Waals surface area contributed by atoms with E-state index in [9.17, 15) is 9.90 Å². The summed E-state index contributed by atoms with van der Waals surface area (Å²) >= 11 is 0. The Morgan fingerprint density at radius 1 is 1.09 bits per heavy atom. The molecule has 1 N–H and O–H groups in total. The van der Waals surface area contributed by atoms with E-state index >= 15 is 0 Å². The second-order valence-corrected chi connectivity index (χ2v) is 6.52. The van der Waals surface area contributed by atoms with E-state index in [-0.39, 0.29) is 0 Å². The lowest BCUT2D eigenvalue weighted by Gasteiger charge is -2.20. The number of anilines is 1. The van der Waals surface area contributed by atoms with E-state index in [1.54, 1.807) is 13.8 Å². The van der Waals surface area contributed by atoms with Crippen LogP contribution in [0.2, 0.25) is 0 Å². The first kappa shape index (κ1) is 14.6. The van der Waals surface area contributed by atoms with Gasteiger partial charge in [-0.15, -0.1) is 0 Å². The molecule has 1 aliphatic rings. The van der Waals surface area contributed by atoms with E-state index in [1.807, 2.05) is 24.3 Å². The third-order valence-corrected chi connectivity index (χ3v) is 4.68. The summed E-state index contributed by atoms with van der Waals surface area (Å²) in [4.78, 5) is 13.6. The highest BCUT2D eigenvalue weighted by Crippen LogP contribution is 2.32. The molecule has 3 heteroatoms. The first-order chi connectivity index (χ1) is 10.4. The SMILES string of the molecule is CN1CCc2cc(-c3ccc(C(C)(C)C(=O)O)cc3)ccc21. The lowest BCUT2D eigenvalue weighted by molar-refractivity contribution is -0.142. The summed E-state index contributed by atoms with van der Waals surface area (Å²) in [6.07, 6.45) is 1.09. The average Bonchev–Trinajstić information content (AvgIpc) is 2.88. The fourth-order valence-electron chi connectivity index (χ4n) is 2.95. The van der Waals surface area contributed by atoms with Crippen molar-refractivity contribution in [2.75, 3.05) is 18.5 Å². The first-order valence-electron chi connectivity index (χ1n) is 7.58. The first-order valence-corrected chi connectivity index (χ1v) is 7.58. The Balaban J connectivity index is 1.93. The molecule has 1 heterocycles. The van der Waals surface area contributed by atoms with Gasteiger partial charge in [-0.05, 0) is 54.7 Å². The van der Waals surface area contributed by atoms with Gasteiger partial charge in [-0.1, -0.05) is 30.3 Å². The Morgan fingerprint density at radius 2 is 1.73 bits per heavy atom. The smallest absolute Gasteiger partial charge is 0.313 e. The average molecular weight is 295 g/mol. The fraction of sp³-hybridized carbons (Fsp3) is 0.316. The van der Waals surface area contributed by atoms with Gasteiger partial charge in [-0.25, -0.2) is 0 Å². The lowest BCUT2D eigenvalue weighted by atomic mass is 9.84. The van der Waals surface area contributed by atoms with Crippen molar-refractivity contribution in [1.82, 2.24) is 0 Å². The van der Waals surface area contributed by atoms with E-state index in [0.717, 1.165) is 24.1 Å². The van der Waals surface area contributed by atoms with Gasteiger partial charge in [0.2, 0.25) is 0 Å². The molecule has 0 radical (unpaired) electrons. The van der Waals surface area contributed by atoms with Gasteiger partial charge in [-0.3, -0.25) is 4.79 Å². The molecule has 2 aromatic carbocycles. The molecule has 0 fully saturated rings. The van der Waals surface area contributed by atoms with E-state index in [1.165, 1.54) is 16.8 Å². The molecule has 0 atom stereocenters. The number of carboxylic acid groups (broad SMARTS) is 1. The van der Waals surface area contributed by atoms with Crippen molar-refractivity contribution in [3.8, 4) is 11.1 Å². The number of aliphatic carboxylic acids is 1. The monoisotopic (exact) mass is 295 g/mol. The van der Waals surface area contributed by atoms with Crippen molar-refractivity contribution < 1.29 is 9.90 Å². The Labute approximate surface area is 131 Å². The Kier molecular flexibility index (Phi) is 3.44. The quantitative estimate of drug-likeness (QED) is 0.938. The van der Waals surface area contributed by atoms with Crippen molar-refractivity contribution >= 4 is 11.7 Å². The molecule has 3 rings (SSSR count). The summed E-state index contributed by atoms with van der Waals surface area (Å²) in [6.45, 7) is 4.54. The molecule has 0 saturated carbocycles. The molecule has 1 aliphatic heterocycles. The van der Waals surface area contributed by atoms with Gasteiger partial charge in [0, 0.05) is 19.3 Å². The predicted molar refractivity (Wildman–Crippen MR) is 89.5 cm³/mol. The molecule has 0 spiro atoms. The van der Waals surface area contributed by atoms with Crippen molar-refractivity contribution in [2.24, 2.45) is 0 Å². The maximum absolute atomic E-state index is 11.3. The highest BCUT2D eigenvalue weighted by molar-refractivity contribution is 5.80. The summed E-state index contributed by atoms with van der Waals surface area (Å²) < 4.78 is 0. The normalized spacial score (nSPS) is 14.0. The number of carboxylic acids is 1. The number of benzene rings is 2. The molecule has 3 nitrogen and oxygen atoms in total. The summed E-state index contributed by atoms with van der Waals surface area (Å²) in [5.41, 5.74) is 4.97. The summed E-state index contributed by atoms with van der Waals surface area (Å²) in [7, 11) is 2.12.